The van der Waals surface area contributed by atoms with Crippen LogP contribution in [0.3, 0.4) is 0 Å². The first-order valence-electron chi connectivity index (χ1n) is 10.1. The van der Waals surface area contributed by atoms with Crippen LogP contribution in [0.2, 0.25) is 0 Å². The molecule has 2 N–H and O–H groups in total. The van der Waals surface area contributed by atoms with Gasteiger partial charge in [-0.05, 0) is 44.7 Å². The number of nitrogens with zero attached hydrogens (tertiary/aromatic N) is 2. The number of rotatable bonds is 5. The van der Waals surface area contributed by atoms with E-state index in [1.807, 2.05) is 43.7 Å². The predicted molar refractivity (Wildman–Crippen MR) is 111 cm³/mol. The van der Waals surface area contributed by atoms with Crippen LogP contribution >= 0.6 is 0 Å². The Morgan fingerprint density at radius 2 is 1.93 bits per heavy atom. The third kappa shape index (κ3) is 3.62. The molecule has 6 heteroatoms. The van der Waals surface area contributed by atoms with E-state index in [4.69, 9.17) is 0 Å². The van der Waals surface area contributed by atoms with Gasteiger partial charge in [0.15, 0.2) is 5.78 Å². The van der Waals surface area contributed by atoms with Crippen molar-refractivity contribution in [1.29, 1.82) is 0 Å². The zero-order chi connectivity index (χ0) is 20.5. The number of aromatic nitrogens is 3. The van der Waals surface area contributed by atoms with Crippen molar-refractivity contribution in [3.63, 3.8) is 0 Å². The molecule has 0 radical (unpaired) electrons. The van der Waals surface area contributed by atoms with Crippen molar-refractivity contribution in [2.75, 3.05) is 0 Å². The van der Waals surface area contributed by atoms with Gasteiger partial charge in [-0.25, -0.2) is 0 Å². The lowest BCUT2D eigenvalue weighted by Crippen LogP contribution is -2.24. The maximum Gasteiger partial charge on any atom is 0.268 e. The smallest absolute Gasteiger partial charge is 0.268 e. The molecule has 1 amide bonds. The van der Waals surface area contributed by atoms with Gasteiger partial charge in [-0.2, -0.15) is 5.10 Å². The average molecular weight is 390 g/mol. The summed E-state index contributed by atoms with van der Waals surface area (Å²) in [4.78, 5) is 28.2. The van der Waals surface area contributed by atoms with Gasteiger partial charge in [0, 0.05) is 35.5 Å². The fourth-order valence-corrected chi connectivity index (χ4v) is 4.16. The van der Waals surface area contributed by atoms with Crippen LogP contribution in [0.5, 0.6) is 0 Å². The minimum Gasteiger partial charge on any atom is -0.354 e. The summed E-state index contributed by atoms with van der Waals surface area (Å²) >= 11 is 0. The number of ketones is 1. The molecule has 1 aliphatic carbocycles. The fourth-order valence-electron chi connectivity index (χ4n) is 4.16. The van der Waals surface area contributed by atoms with Crippen molar-refractivity contribution in [2.24, 2.45) is 0 Å². The number of fused-ring (bicyclic) bond motifs is 1. The van der Waals surface area contributed by atoms with Crippen LogP contribution in [-0.2, 0) is 19.5 Å². The Morgan fingerprint density at radius 3 is 2.66 bits per heavy atom. The van der Waals surface area contributed by atoms with E-state index in [-0.39, 0.29) is 11.7 Å². The zero-order valence-corrected chi connectivity index (χ0v) is 17.1. The molecule has 6 nitrogen and oxygen atoms in total. The van der Waals surface area contributed by atoms with Gasteiger partial charge in [0.25, 0.3) is 5.91 Å². The second-order valence-electron chi connectivity index (χ2n) is 7.73. The van der Waals surface area contributed by atoms with Crippen molar-refractivity contribution in [1.82, 2.24) is 20.1 Å². The second kappa shape index (κ2) is 7.70. The second-order valence-corrected chi connectivity index (χ2v) is 7.73. The number of carbonyl (C=O) groups is 2. The molecule has 0 saturated carbocycles. The molecule has 1 aliphatic rings. The Balaban J connectivity index is 1.50. The molecule has 0 atom stereocenters. The summed E-state index contributed by atoms with van der Waals surface area (Å²) in [6.07, 6.45) is 2.22. The normalized spacial score (nSPS) is 13.4. The highest BCUT2D eigenvalue weighted by molar-refractivity contribution is 6.04. The number of aromatic amines is 1. The van der Waals surface area contributed by atoms with E-state index in [0.29, 0.717) is 30.8 Å². The summed E-state index contributed by atoms with van der Waals surface area (Å²) in [7, 11) is 0. The van der Waals surface area contributed by atoms with Crippen LogP contribution in [0, 0.1) is 20.8 Å². The highest BCUT2D eigenvalue weighted by Crippen LogP contribution is 2.26. The number of Topliss-reactive ketones (excluding diaryl/α,β-unsaturated/α-hetero) is 1. The number of carbonyl (C=O) groups excluding carboxylic acids is 2. The largest absolute Gasteiger partial charge is 0.354 e. The molecule has 2 aromatic heterocycles. The van der Waals surface area contributed by atoms with Crippen LogP contribution in [-0.4, -0.2) is 26.5 Å². The Bertz CT molecular complexity index is 1080. The van der Waals surface area contributed by atoms with Gasteiger partial charge in [-0.1, -0.05) is 30.3 Å². The summed E-state index contributed by atoms with van der Waals surface area (Å²) in [6.45, 7) is 6.95. The average Bonchev–Trinajstić information content (AvgIpc) is 3.18. The molecule has 0 fully saturated rings. The van der Waals surface area contributed by atoms with Crippen LogP contribution in [0.15, 0.2) is 30.3 Å². The SMILES string of the molecule is Cc1nn(Cc2ccccc2)c(C)c1CNC(=O)c1[nH]c2c(c1C)C(=O)CCC2. The van der Waals surface area contributed by atoms with E-state index in [1.165, 1.54) is 5.56 Å². The highest BCUT2D eigenvalue weighted by atomic mass is 16.2. The Labute approximate surface area is 170 Å². The van der Waals surface area contributed by atoms with Gasteiger partial charge in [-0.15, -0.1) is 0 Å². The third-order valence-electron chi connectivity index (χ3n) is 5.80. The van der Waals surface area contributed by atoms with Crippen LogP contribution in [0.1, 0.15) is 67.5 Å². The summed E-state index contributed by atoms with van der Waals surface area (Å²) in [6, 6.07) is 10.2. The molecule has 0 aliphatic heterocycles. The van der Waals surface area contributed by atoms with Gasteiger partial charge in [0.2, 0.25) is 0 Å². The van der Waals surface area contributed by atoms with E-state index < -0.39 is 0 Å². The highest BCUT2D eigenvalue weighted by Gasteiger charge is 2.26. The molecular formula is C23H26N4O2. The molecule has 1 aromatic carbocycles. The van der Waals surface area contributed by atoms with Gasteiger partial charge in [0.05, 0.1) is 12.2 Å². The number of hydrogen-bond acceptors (Lipinski definition) is 3. The van der Waals surface area contributed by atoms with Crippen molar-refractivity contribution < 1.29 is 9.59 Å². The maximum absolute atomic E-state index is 12.8. The quantitative estimate of drug-likeness (QED) is 0.698. The first-order chi connectivity index (χ1) is 14.0. The third-order valence-corrected chi connectivity index (χ3v) is 5.80. The van der Waals surface area contributed by atoms with Gasteiger partial charge in [-0.3, -0.25) is 14.3 Å². The minimum atomic E-state index is -0.181. The van der Waals surface area contributed by atoms with Gasteiger partial charge < -0.3 is 10.3 Å². The van der Waals surface area contributed by atoms with Gasteiger partial charge in [0.1, 0.15) is 5.69 Å². The molecule has 0 spiro atoms. The van der Waals surface area contributed by atoms with E-state index in [0.717, 1.165) is 41.1 Å². The van der Waals surface area contributed by atoms with E-state index in [1.54, 1.807) is 0 Å². The monoisotopic (exact) mass is 390 g/mol. The number of hydrogen-bond donors (Lipinski definition) is 2. The Kier molecular flexibility index (Phi) is 5.09. The first-order valence-corrected chi connectivity index (χ1v) is 10.1. The molecule has 0 saturated heterocycles. The lowest BCUT2D eigenvalue weighted by atomic mass is 9.94. The number of nitrogens with one attached hydrogen (secondary N) is 2. The summed E-state index contributed by atoms with van der Waals surface area (Å²) in [5, 5.41) is 7.65. The summed E-state index contributed by atoms with van der Waals surface area (Å²) in [5.74, 6) is -0.0489. The number of H-pyrrole nitrogens is 1. The molecule has 0 unspecified atom stereocenters. The molecule has 3 aromatic rings. The van der Waals surface area contributed by atoms with Crippen LogP contribution < -0.4 is 5.32 Å². The topological polar surface area (TPSA) is 79.8 Å². The fraction of sp³-hybridized carbons (Fsp3) is 0.348. The zero-order valence-electron chi connectivity index (χ0n) is 17.1. The van der Waals surface area contributed by atoms with Gasteiger partial charge >= 0.3 is 0 Å². The van der Waals surface area contributed by atoms with E-state index >= 15 is 0 Å². The molecule has 0 bridgehead atoms. The number of aryl methyl sites for hydroxylation is 2. The lowest BCUT2D eigenvalue weighted by Gasteiger charge is -2.09. The molecule has 29 heavy (non-hydrogen) atoms. The molecular weight excluding hydrogens is 364 g/mol. The molecule has 2 heterocycles. The maximum atomic E-state index is 12.8. The van der Waals surface area contributed by atoms with Crippen molar-refractivity contribution in [3.05, 3.63) is 75.4 Å². The molecule has 150 valence electrons. The van der Waals surface area contributed by atoms with Crippen LogP contribution in [0.25, 0.3) is 0 Å². The first kappa shape index (κ1) is 19.2. The Morgan fingerprint density at radius 1 is 1.17 bits per heavy atom. The number of amides is 1. The van der Waals surface area contributed by atoms with Crippen LogP contribution in [0.4, 0.5) is 0 Å². The predicted octanol–water partition coefficient (Wildman–Crippen LogP) is 3.63. The van der Waals surface area contributed by atoms with Crippen molar-refractivity contribution >= 4 is 11.7 Å². The van der Waals surface area contributed by atoms with E-state index in [9.17, 15) is 9.59 Å². The van der Waals surface area contributed by atoms with Crippen molar-refractivity contribution in [3.8, 4) is 0 Å². The Hall–Kier alpha value is -3.15. The summed E-state index contributed by atoms with van der Waals surface area (Å²) in [5.41, 5.74) is 7.04. The van der Waals surface area contributed by atoms with Crippen molar-refractivity contribution in [2.45, 2.75) is 53.1 Å². The minimum absolute atomic E-state index is 0.132. The summed E-state index contributed by atoms with van der Waals surface area (Å²) < 4.78 is 1.98. The lowest BCUT2D eigenvalue weighted by molar-refractivity contribution is 0.0944. The number of benzene rings is 1. The molecule has 4 rings (SSSR count). The standard InChI is InChI=1S/C23H26N4O2/c1-14-21-19(10-7-11-20(21)28)25-22(14)23(29)24-12-18-15(2)26-27(16(18)3)13-17-8-5-4-6-9-17/h4-6,8-9,25H,7,10-13H2,1-3H3,(H,24,29). The van der Waals surface area contributed by atoms with E-state index in [2.05, 4.69) is 27.5 Å².